The summed E-state index contributed by atoms with van der Waals surface area (Å²) in [5.41, 5.74) is 0.917. The number of rotatable bonds is 3. The summed E-state index contributed by atoms with van der Waals surface area (Å²) in [6.45, 7) is 2.30. The molecule has 0 aromatic heterocycles. The first-order valence-corrected chi connectivity index (χ1v) is 6.91. The number of hydrogen-bond donors (Lipinski definition) is 1. The molecule has 0 saturated carbocycles. The molecule has 0 aromatic rings. The van der Waals surface area contributed by atoms with Gasteiger partial charge in [0.25, 0.3) is 0 Å². The van der Waals surface area contributed by atoms with Crippen LogP contribution < -0.4 is 5.32 Å². The first-order chi connectivity index (χ1) is 6.37. The van der Waals surface area contributed by atoms with Crippen LogP contribution in [0.1, 0.15) is 13.3 Å². The van der Waals surface area contributed by atoms with Crippen LogP contribution in [-0.4, -0.2) is 32.0 Å². The normalized spacial score (nSPS) is 32.1. The van der Waals surface area contributed by atoms with Crippen molar-refractivity contribution in [1.29, 1.82) is 0 Å². The van der Waals surface area contributed by atoms with Crippen molar-refractivity contribution in [2.24, 2.45) is 0 Å². The van der Waals surface area contributed by atoms with Crippen LogP contribution in [0.5, 0.6) is 0 Å². The van der Waals surface area contributed by atoms with Crippen LogP contribution in [0.25, 0.3) is 0 Å². The average molecular weight is 258 g/mol. The van der Waals surface area contributed by atoms with Gasteiger partial charge in [-0.2, -0.15) is 0 Å². The molecule has 0 spiro atoms. The third-order valence-electron chi connectivity index (χ3n) is 2.31. The summed E-state index contributed by atoms with van der Waals surface area (Å²) < 4.78 is 22.5. The Labute approximate surface area is 94.4 Å². The Hall–Kier alpha value is 0.230. The van der Waals surface area contributed by atoms with Gasteiger partial charge in [-0.1, -0.05) is 23.2 Å². The van der Waals surface area contributed by atoms with Gasteiger partial charge in [-0.15, -0.1) is 0 Å². The lowest BCUT2D eigenvalue weighted by Gasteiger charge is -2.23. The van der Waals surface area contributed by atoms with Crippen molar-refractivity contribution in [3.63, 3.8) is 0 Å². The molecule has 82 valence electrons. The van der Waals surface area contributed by atoms with Crippen LogP contribution >= 0.6 is 23.2 Å². The molecule has 0 aliphatic carbocycles. The molecule has 0 radical (unpaired) electrons. The van der Waals surface area contributed by atoms with Gasteiger partial charge in [-0.05, 0) is 13.3 Å². The zero-order valence-corrected chi connectivity index (χ0v) is 10.2. The van der Waals surface area contributed by atoms with Crippen molar-refractivity contribution in [2.45, 2.75) is 18.9 Å². The molecule has 0 bridgehead atoms. The van der Waals surface area contributed by atoms with Gasteiger partial charge >= 0.3 is 0 Å². The third-order valence-corrected chi connectivity index (χ3v) is 4.83. The topological polar surface area (TPSA) is 46.2 Å². The number of halogens is 2. The second-order valence-electron chi connectivity index (χ2n) is 3.81. The van der Waals surface area contributed by atoms with Crippen LogP contribution in [0.4, 0.5) is 0 Å². The summed E-state index contributed by atoms with van der Waals surface area (Å²) in [7, 11) is -2.87. The minimum atomic E-state index is -2.87. The molecule has 1 saturated heterocycles. The van der Waals surface area contributed by atoms with Gasteiger partial charge in [-0.25, -0.2) is 8.42 Å². The highest BCUT2D eigenvalue weighted by atomic mass is 35.5. The first kappa shape index (κ1) is 12.3. The molecule has 1 aliphatic heterocycles. The molecule has 1 N–H and O–H groups in total. The van der Waals surface area contributed by atoms with E-state index in [0.717, 1.165) is 0 Å². The van der Waals surface area contributed by atoms with E-state index in [4.69, 9.17) is 23.2 Å². The van der Waals surface area contributed by atoms with E-state index in [0.29, 0.717) is 18.0 Å². The number of nitrogens with one attached hydrogen (secondary N) is 1. The summed E-state index contributed by atoms with van der Waals surface area (Å²) in [6, 6.07) is 0. The Morgan fingerprint density at radius 2 is 2.29 bits per heavy atom. The Kier molecular flexibility index (Phi) is 3.86. The Morgan fingerprint density at radius 1 is 1.64 bits per heavy atom. The van der Waals surface area contributed by atoms with E-state index >= 15 is 0 Å². The molecule has 0 aromatic carbocycles. The number of sulfone groups is 1. The number of hydrogen-bond acceptors (Lipinski definition) is 3. The van der Waals surface area contributed by atoms with Crippen molar-refractivity contribution in [1.82, 2.24) is 5.32 Å². The van der Waals surface area contributed by atoms with E-state index in [1.807, 2.05) is 6.92 Å². The van der Waals surface area contributed by atoms with Gasteiger partial charge in [0.1, 0.15) is 0 Å². The van der Waals surface area contributed by atoms with Gasteiger partial charge in [0.15, 0.2) is 9.84 Å². The zero-order chi connectivity index (χ0) is 10.8. The van der Waals surface area contributed by atoms with Gasteiger partial charge < -0.3 is 5.32 Å². The average Bonchev–Trinajstić information content (AvgIpc) is 2.37. The summed E-state index contributed by atoms with van der Waals surface area (Å²) in [4.78, 5) is 0. The molecule has 1 atom stereocenters. The van der Waals surface area contributed by atoms with Crippen LogP contribution in [-0.2, 0) is 9.84 Å². The van der Waals surface area contributed by atoms with E-state index in [2.05, 4.69) is 5.32 Å². The maximum atomic E-state index is 11.2. The maximum absolute atomic E-state index is 11.2. The maximum Gasteiger partial charge on any atom is 0.152 e. The highest BCUT2D eigenvalue weighted by Crippen LogP contribution is 2.23. The van der Waals surface area contributed by atoms with Crippen LogP contribution in [0.15, 0.2) is 10.6 Å². The molecule has 1 rings (SSSR count). The van der Waals surface area contributed by atoms with Crippen molar-refractivity contribution < 1.29 is 8.42 Å². The van der Waals surface area contributed by atoms with Gasteiger partial charge in [-0.3, -0.25) is 0 Å². The minimum Gasteiger partial charge on any atom is -0.305 e. The monoisotopic (exact) mass is 257 g/mol. The lowest BCUT2D eigenvalue weighted by Crippen LogP contribution is -2.43. The van der Waals surface area contributed by atoms with E-state index in [1.165, 1.54) is 5.54 Å². The molecule has 1 fully saturated rings. The molecule has 6 heteroatoms. The first-order valence-electron chi connectivity index (χ1n) is 4.27. The fraction of sp³-hybridized carbons (Fsp3) is 0.750. The highest BCUT2D eigenvalue weighted by Gasteiger charge is 2.37. The van der Waals surface area contributed by atoms with Crippen molar-refractivity contribution >= 4 is 33.0 Å². The molecule has 1 unspecified atom stereocenters. The van der Waals surface area contributed by atoms with Crippen LogP contribution in [0.3, 0.4) is 0 Å². The summed E-state index contributed by atoms with van der Waals surface area (Å²) in [6.07, 6.45) is 0.627. The Balaban J connectivity index is 2.53. The molecule has 0 amide bonds. The van der Waals surface area contributed by atoms with Crippen molar-refractivity contribution in [2.75, 3.05) is 18.1 Å². The predicted molar refractivity (Wildman–Crippen MR) is 59.5 cm³/mol. The Bertz CT molecular complexity index is 339. The van der Waals surface area contributed by atoms with E-state index in [1.54, 1.807) is 0 Å². The predicted octanol–water partition coefficient (Wildman–Crippen LogP) is 1.47. The second kappa shape index (κ2) is 4.39. The quantitative estimate of drug-likeness (QED) is 0.833. The van der Waals surface area contributed by atoms with Gasteiger partial charge in [0.2, 0.25) is 0 Å². The molecule has 3 nitrogen and oxygen atoms in total. The third kappa shape index (κ3) is 3.42. The highest BCUT2D eigenvalue weighted by molar-refractivity contribution is 7.91. The molecular weight excluding hydrogens is 245 g/mol. The molecule has 14 heavy (non-hydrogen) atoms. The fourth-order valence-corrected chi connectivity index (χ4v) is 3.75. The van der Waals surface area contributed by atoms with E-state index < -0.39 is 9.84 Å². The summed E-state index contributed by atoms with van der Waals surface area (Å²) in [5.74, 6) is 0.422. The van der Waals surface area contributed by atoms with Gasteiger partial charge in [0.05, 0.1) is 11.5 Å². The van der Waals surface area contributed by atoms with E-state index in [9.17, 15) is 8.42 Å². The smallest absolute Gasteiger partial charge is 0.152 e. The zero-order valence-electron chi connectivity index (χ0n) is 7.89. The van der Waals surface area contributed by atoms with Gasteiger partial charge in [0, 0.05) is 22.7 Å². The van der Waals surface area contributed by atoms with Crippen molar-refractivity contribution in [3.05, 3.63) is 10.6 Å². The van der Waals surface area contributed by atoms with E-state index in [-0.39, 0.29) is 17.0 Å². The summed E-state index contributed by atoms with van der Waals surface area (Å²) >= 11 is 11.1. The molecular formula is C8H13Cl2NO2S. The van der Waals surface area contributed by atoms with Crippen LogP contribution in [0, 0.1) is 0 Å². The molecule has 1 aliphatic rings. The van der Waals surface area contributed by atoms with Crippen molar-refractivity contribution in [3.8, 4) is 0 Å². The minimum absolute atomic E-state index is 0.173. The SMILES string of the molecule is CC1(NC/C(Cl)=C/Cl)CCS(=O)(=O)C1. The Morgan fingerprint density at radius 3 is 2.71 bits per heavy atom. The summed E-state index contributed by atoms with van der Waals surface area (Å²) in [5, 5.41) is 3.58. The fourth-order valence-electron chi connectivity index (χ4n) is 1.49. The molecule has 1 heterocycles. The lowest BCUT2D eigenvalue weighted by atomic mass is 10.0. The second-order valence-corrected chi connectivity index (χ2v) is 6.70. The lowest BCUT2D eigenvalue weighted by molar-refractivity contribution is 0.416. The largest absolute Gasteiger partial charge is 0.305 e. The standard InChI is InChI=1S/C8H13Cl2NO2S/c1-8(11-5-7(10)4-9)2-3-14(12,13)6-8/h4,11H,2-3,5-6H2,1H3/b7-4-. The van der Waals surface area contributed by atoms with Crippen LogP contribution in [0.2, 0.25) is 0 Å².